The SMILES string of the molecule is CC(C)(C)c1ccc(CCC(=O)NCCCN2CCCCC2)cc1. The van der Waals surface area contributed by atoms with Crippen LogP contribution in [0.3, 0.4) is 0 Å². The van der Waals surface area contributed by atoms with Crippen molar-refractivity contribution >= 4 is 5.91 Å². The molecule has 1 saturated heterocycles. The highest BCUT2D eigenvalue weighted by atomic mass is 16.1. The molecule has 0 radical (unpaired) electrons. The number of hydrogen-bond donors (Lipinski definition) is 1. The number of piperidine rings is 1. The fourth-order valence-corrected chi connectivity index (χ4v) is 3.23. The summed E-state index contributed by atoms with van der Waals surface area (Å²) in [6.45, 7) is 11.1. The van der Waals surface area contributed by atoms with E-state index >= 15 is 0 Å². The maximum atomic E-state index is 12.0. The summed E-state index contributed by atoms with van der Waals surface area (Å²) < 4.78 is 0. The Morgan fingerprint density at radius 2 is 1.75 bits per heavy atom. The lowest BCUT2D eigenvalue weighted by Crippen LogP contribution is -2.33. The van der Waals surface area contributed by atoms with E-state index in [-0.39, 0.29) is 11.3 Å². The minimum absolute atomic E-state index is 0.175. The third kappa shape index (κ3) is 6.64. The molecule has 1 N–H and O–H groups in total. The Hall–Kier alpha value is -1.35. The van der Waals surface area contributed by atoms with E-state index in [1.807, 2.05) is 0 Å². The van der Waals surface area contributed by atoms with Gasteiger partial charge < -0.3 is 10.2 Å². The molecule has 1 fully saturated rings. The van der Waals surface area contributed by atoms with Crippen LogP contribution in [0.15, 0.2) is 24.3 Å². The summed E-state index contributed by atoms with van der Waals surface area (Å²) in [5.74, 6) is 0.175. The molecule has 0 aromatic heterocycles. The summed E-state index contributed by atoms with van der Waals surface area (Å²) in [4.78, 5) is 14.5. The van der Waals surface area contributed by atoms with Gasteiger partial charge in [0, 0.05) is 13.0 Å². The van der Waals surface area contributed by atoms with Crippen molar-refractivity contribution in [3.8, 4) is 0 Å². The first kappa shape index (κ1) is 19.0. The molecule has 1 heterocycles. The molecule has 1 aliphatic heterocycles. The second kappa shape index (κ2) is 9.22. The zero-order chi connectivity index (χ0) is 17.4. The predicted octanol–water partition coefficient (Wildman–Crippen LogP) is 3.91. The number of nitrogens with one attached hydrogen (secondary N) is 1. The summed E-state index contributed by atoms with van der Waals surface area (Å²) in [6.07, 6.45) is 6.51. The van der Waals surface area contributed by atoms with Gasteiger partial charge in [0.25, 0.3) is 0 Å². The Balaban J connectivity index is 1.60. The Morgan fingerprint density at radius 1 is 1.08 bits per heavy atom. The van der Waals surface area contributed by atoms with Gasteiger partial charge in [-0.2, -0.15) is 0 Å². The summed E-state index contributed by atoms with van der Waals surface area (Å²) >= 11 is 0. The van der Waals surface area contributed by atoms with Gasteiger partial charge in [-0.25, -0.2) is 0 Å². The Morgan fingerprint density at radius 3 is 2.38 bits per heavy atom. The zero-order valence-electron chi connectivity index (χ0n) is 15.7. The van der Waals surface area contributed by atoms with Crippen LogP contribution in [-0.2, 0) is 16.6 Å². The molecule has 2 rings (SSSR count). The molecular weight excluding hydrogens is 296 g/mol. The lowest BCUT2D eigenvalue weighted by molar-refractivity contribution is -0.121. The van der Waals surface area contributed by atoms with E-state index in [1.165, 1.54) is 43.5 Å². The molecule has 0 atom stereocenters. The van der Waals surface area contributed by atoms with E-state index in [0.717, 1.165) is 25.9 Å². The smallest absolute Gasteiger partial charge is 0.220 e. The lowest BCUT2D eigenvalue weighted by Gasteiger charge is -2.26. The lowest BCUT2D eigenvalue weighted by atomic mass is 9.86. The van der Waals surface area contributed by atoms with E-state index in [2.05, 4.69) is 55.3 Å². The van der Waals surface area contributed by atoms with Gasteiger partial charge in [0.05, 0.1) is 0 Å². The van der Waals surface area contributed by atoms with Gasteiger partial charge in [0.15, 0.2) is 0 Å². The molecular formula is C21H34N2O. The van der Waals surface area contributed by atoms with Crippen LogP contribution < -0.4 is 5.32 Å². The predicted molar refractivity (Wildman–Crippen MR) is 101 cm³/mol. The number of rotatable bonds is 7. The molecule has 0 bridgehead atoms. The number of hydrogen-bond acceptors (Lipinski definition) is 2. The highest BCUT2D eigenvalue weighted by Crippen LogP contribution is 2.22. The second-order valence-corrected chi connectivity index (χ2v) is 8.05. The van der Waals surface area contributed by atoms with Gasteiger partial charge >= 0.3 is 0 Å². The topological polar surface area (TPSA) is 32.3 Å². The third-order valence-corrected chi connectivity index (χ3v) is 4.88. The summed E-state index contributed by atoms with van der Waals surface area (Å²) in [7, 11) is 0. The zero-order valence-corrected chi connectivity index (χ0v) is 15.7. The number of carbonyl (C=O) groups excluding carboxylic acids is 1. The van der Waals surface area contributed by atoms with E-state index in [4.69, 9.17) is 0 Å². The van der Waals surface area contributed by atoms with Gasteiger partial charge in [-0.1, -0.05) is 51.5 Å². The van der Waals surface area contributed by atoms with Crippen LogP contribution in [0.25, 0.3) is 0 Å². The molecule has 1 aromatic rings. The van der Waals surface area contributed by atoms with Crippen LogP contribution in [-0.4, -0.2) is 37.0 Å². The minimum Gasteiger partial charge on any atom is -0.356 e. The van der Waals surface area contributed by atoms with Crippen LogP contribution in [0, 0.1) is 0 Å². The van der Waals surface area contributed by atoms with Gasteiger partial charge in [0.1, 0.15) is 0 Å². The van der Waals surface area contributed by atoms with Crippen LogP contribution in [0.2, 0.25) is 0 Å². The molecule has 3 heteroatoms. The standard InChI is InChI=1S/C21H34N2O/c1-21(2,3)19-11-8-18(9-12-19)10-13-20(24)22-14-7-17-23-15-5-4-6-16-23/h8-9,11-12H,4-7,10,13-17H2,1-3H3,(H,22,24). The molecule has 0 unspecified atom stereocenters. The summed E-state index contributed by atoms with van der Waals surface area (Å²) in [5, 5.41) is 3.06. The van der Waals surface area contributed by atoms with Crippen LogP contribution in [0.5, 0.6) is 0 Å². The molecule has 1 aliphatic rings. The monoisotopic (exact) mass is 330 g/mol. The number of amides is 1. The number of benzene rings is 1. The second-order valence-electron chi connectivity index (χ2n) is 8.05. The molecule has 134 valence electrons. The molecule has 1 amide bonds. The summed E-state index contributed by atoms with van der Waals surface area (Å²) in [5.41, 5.74) is 2.77. The van der Waals surface area contributed by atoms with Gasteiger partial charge in [0.2, 0.25) is 5.91 Å². The Kier molecular flexibility index (Phi) is 7.29. The fraction of sp³-hybridized carbons (Fsp3) is 0.667. The van der Waals surface area contributed by atoms with Crippen molar-refractivity contribution in [3.63, 3.8) is 0 Å². The molecule has 0 saturated carbocycles. The van der Waals surface area contributed by atoms with Gasteiger partial charge in [-0.3, -0.25) is 4.79 Å². The van der Waals surface area contributed by atoms with Crippen LogP contribution in [0.1, 0.15) is 64.0 Å². The normalized spacial score (nSPS) is 16.1. The van der Waals surface area contributed by atoms with Crippen LogP contribution >= 0.6 is 0 Å². The van der Waals surface area contributed by atoms with Crippen LogP contribution in [0.4, 0.5) is 0 Å². The van der Waals surface area contributed by atoms with Crippen molar-refractivity contribution in [2.45, 2.75) is 64.7 Å². The van der Waals surface area contributed by atoms with Crippen molar-refractivity contribution in [1.29, 1.82) is 0 Å². The first-order valence-corrected chi connectivity index (χ1v) is 9.53. The average molecular weight is 331 g/mol. The van der Waals surface area contributed by atoms with Crippen molar-refractivity contribution < 1.29 is 4.79 Å². The van der Waals surface area contributed by atoms with E-state index in [9.17, 15) is 4.79 Å². The van der Waals surface area contributed by atoms with Crippen molar-refractivity contribution in [2.75, 3.05) is 26.2 Å². The quantitative estimate of drug-likeness (QED) is 0.769. The van der Waals surface area contributed by atoms with Crippen molar-refractivity contribution in [3.05, 3.63) is 35.4 Å². The number of nitrogens with zero attached hydrogens (tertiary/aromatic N) is 1. The fourth-order valence-electron chi connectivity index (χ4n) is 3.23. The Bertz CT molecular complexity index is 496. The van der Waals surface area contributed by atoms with Gasteiger partial charge in [-0.15, -0.1) is 0 Å². The minimum atomic E-state index is 0.175. The largest absolute Gasteiger partial charge is 0.356 e. The molecule has 24 heavy (non-hydrogen) atoms. The van der Waals surface area contributed by atoms with Crippen molar-refractivity contribution in [2.24, 2.45) is 0 Å². The molecule has 3 nitrogen and oxygen atoms in total. The van der Waals surface area contributed by atoms with Gasteiger partial charge in [-0.05, 0) is 61.9 Å². The molecule has 1 aromatic carbocycles. The Labute approximate surface area is 147 Å². The maximum absolute atomic E-state index is 12.0. The molecule has 0 aliphatic carbocycles. The maximum Gasteiger partial charge on any atom is 0.220 e. The highest BCUT2D eigenvalue weighted by molar-refractivity contribution is 5.76. The molecule has 0 spiro atoms. The number of aryl methyl sites for hydroxylation is 1. The van der Waals surface area contributed by atoms with E-state index in [0.29, 0.717) is 6.42 Å². The first-order chi connectivity index (χ1) is 11.4. The average Bonchev–Trinajstić information content (AvgIpc) is 2.57. The van der Waals surface area contributed by atoms with E-state index in [1.54, 1.807) is 0 Å². The van der Waals surface area contributed by atoms with E-state index < -0.39 is 0 Å². The summed E-state index contributed by atoms with van der Waals surface area (Å²) in [6, 6.07) is 8.69. The third-order valence-electron chi connectivity index (χ3n) is 4.88. The highest BCUT2D eigenvalue weighted by Gasteiger charge is 2.13. The first-order valence-electron chi connectivity index (χ1n) is 9.53. The number of likely N-dealkylation sites (tertiary alicyclic amines) is 1. The number of carbonyl (C=O) groups is 1. The van der Waals surface area contributed by atoms with Crippen molar-refractivity contribution in [1.82, 2.24) is 10.2 Å².